The maximum absolute atomic E-state index is 11.6. The van der Waals surface area contributed by atoms with Crippen molar-refractivity contribution >= 4 is 12.0 Å². The smallest absolute Gasteiger partial charge is 0.360 e. The number of hydrogen-bond acceptors (Lipinski definition) is 5. The summed E-state index contributed by atoms with van der Waals surface area (Å²) in [6, 6.07) is 0.536. The molecule has 1 aliphatic rings. The highest BCUT2D eigenvalue weighted by molar-refractivity contribution is 5.87. The molecule has 0 aliphatic carbocycles. The molecule has 0 radical (unpaired) electrons. The van der Waals surface area contributed by atoms with E-state index in [1.165, 1.54) is 19.1 Å². The first-order valence-electron chi connectivity index (χ1n) is 7.51. The number of ether oxygens (including phenoxy) is 1. The van der Waals surface area contributed by atoms with E-state index in [2.05, 4.69) is 23.7 Å². The predicted molar refractivity (Wildman–Crippen MR) is 76.9 cm³/mol. The molecule has 0 N–H and O–H groups in total. The molecule has 2 heterocycles. The van der Waals surface area contributed by atoms with Gasteiger partial charge >= 0.3 is 5.97 Å². The molecule has 0 atom stereocenters. The van der Waals surface area contributed by atoms with Gasteiger partial charge in [0, 0.05) is 13.1 Å². The van der Waals surface area contributed by atoms with Gasteiger partial charge in [0.15, 0.2) is 5.69 Å². The van der Waals surface area contributed by atoms with Gasteiger partial charge in [-0.1, -0.05) is 26.7 Å². The second kappa shape index (κ2) is 6.29. The van der Waals surface area contributed by atoms with Crippen molar-refractivity contribution in [1.82, 2.24) is 4.98 Å². The van der Waals surface area contributed by atoms with Crippen LogP contribution in [0.25, 0.3) is 0 Å². The lowest BCUT2D eigenvalue weighted by atomic mass is 9.74. The zero-order chi connectivity index (χ0) is 14.6. The number of carbonyl (C=O) groups is 1. The number of esters is 1. The minimum absolute atomic E-state index is 0.254. The highest BCUT2D eigenvalue weighted by Crippen LogP contribution is 2.38. The number of anilines is 1. The van der Waals surface area contributed by atoms with Crippen molar-refractivity contribution < 1.29 is 13.9 Å². The molecular weight excluding hydrogens is 256 g/mol. The van der Waals surface area contributed by atoms with E-state index in [1.54, 1.807) is 6.92 Å². The maximum atomic E-state index is 11.6. The molecule has 112 valence electrons. The maximum Gasteiger partial charge on any atom is 0.360 e. The molecule has 0 unspecified atom stereocenters. The van der Waals surface area contributed by atoms with E-state index in [4.69, 9.17) is 9.15 Å². The Bertz CT molecular complexity index is 442. The zero-order valence-corrected chi connectivity index (χ0v) is 12.6. The van der Waals surface area contributed by atoms with E-state index in [0.717, 1.165) is 25.9 Å². The van der Waals surface area contributed by atoms with Crippen LogP contribution in [0.2, 0.25) is 0 Å². The Kier molecular flexibility index (Phi) is 4.68. The molecule has 1 saturated heterocycles. The molecular formula is C15H24N2O3. The molecule has 1 aliphatic heterocycles. The number of nitrogens with zero attached hydrogens (tertiary/aromatic N) is 2. The monoisotopic (exact) mass is 280 g/mol. The van der Waals surface area contributed by atoms with Gasteiger partial charge < -0.3 is 14.1 Å². The SMILES string of the molecule is CCOC(=O)c1coc(N2CCC(CC)(CC)CC2)n1. The lowest BCUT2D eigenvalue weighted by Crippen LogP contribution is -2.39. The summed E-state index contributed by atoms with van der Waals surface area (Å²) < 4.78 is 10.3. The summed E-state index contributed by atoms with van der Waals surface area (Å²) in [5.74, 6) is -0.420. The first kappa shape index (κ1) is 14.9. The average molecular weight is 280 g/mol. The van der Waals surface area contributed by atoms with E-state index < -0.39 is 5.97 Å². The van der Waals surface area contributed by atoms with Crippen LogP contribution >= 0.6 is 0 Å². The van der Waals surface area contributed by atoms with E-state index in [1.807, 2.05) is 0 Å². The van der Waals surface area contributed by atoms with Crippen molar-refractivity contribution in [2.75, 3.05) is 24.6 Å². The second-order valence-corrected chi connectivity index (χ2v) is 5.43. The summed E-state index contributed by atoms with van der Waals surface area (Å²) in [7, 11) is 0. The van der Waals surface area contributed by atoms with Gasteiger partial charge in [0.25, 0.3) is 6.01 Å². The molecule has 1 aromatic rings. The molecule has 0 amide bonds. The van der Waals surface area contributed by atoms with Crippen LogP contribution < -0.4 is 4.90 Å². The number of oxazole rings is 1. The highest BCUT2D eigenvalue weighted by Gasteiger charge is 2.32. The Hall–Kier alpha value is -1.52. The van der Waals surface area contributed by atoms with Crippen LogP contribution in [0.1, 0.15) is 56.9 Å². The second-order valence-electron chi connectivity index (χ2n) is 5.43. The van der Waals surface area contributed by atoms with Crippen molar-refractivity contribution in [2.45, 2.75) is 46.5 Å². The molecule has 0 spiro atoms. The van der Waals surface area contributed by atoms with Gasteiger partial charge in [-0.05, 0) is 25.2 Å². The molecule has 5 heteroatoms. The summed E-state index contributed by atoms with van der Waals surface area (Å²) >= 11 is 0. The van der Waals surface area contributed by atoms with Gasteiger partial charge in [-0.15, -0.1) is 0 Å². The lowest BCUT2D eigenvalue weighted by molar-refractivity contribution is 0.0519. The minimum atomic E-state index is -0.420. The Morgan fingerprint density at radius 3 is 2.55 bits per heavy atom. The molecule has 0 saturated carbocycles. The van der Waals surface area contributed by atoms with Crippen LogP contribution in [0.4, 0.5) is 6.01 Å². The van der Waals surface area contributed by atoms with Crippen molar-refractivity contribution in [3.05, 3.63) is 12.0 Å². The lowest BCUT2D eigenvalue weighted by Gasteiger charge is -2.40. The predicted octanol–water partition coefficient (Wildman–Crippen LogP) is 3.26. The van der Waals surface area contributed by atoms with Gasteiger partial charge in [0.1, 0.15) is 6.26 Å². The molecule has 1 aromatic heterocycles. The van der Waals surface area contributed by atoms with Gasteiger partial charge in [-0.25, -0.2) is 4.79 Å². The van der Waals surface area contributed by atoms with Crippen molar-refractivity contribution in [2.24, 2.45) is 5.41 Å². The van der Waals surface area contributed by atoms with Crippen molar-refractivity contribution in [3.8, 4) is 0 Å². The van der Waals surface area contributed by atoms with Crippen LogP contribution in [-0.2, 0) is 4.74 Å². The van der Waals surface area contributed by atoms with Crippen molar-refractivity contribution in [3.63, 3.8) is 0 Å². The molecule has 2 rings (SSSR count). The molecule has 1 fully saturated rings. The minimum Gasteiger partial charge on any atom is -0.461 e. The normalized spacial score (nSPS) is 18.1. The Labute approximate surface area is 120 Å². The number of aromatic nitrogens is 1. The first-order valence-corrected chi connectivity index (χ1v) is 7.51. The van der Waals surface area contributed by atoms with Gasteiger partial charge in [-0.2, -0.15) is 4.98 Å². The third-order valence-corrected chi connectivity index (χ3v) is 4.57. The van der Waals surface area contributed by atoms with E-state index in [0.29, 0.717) is 18.0 Å². The Balaban J connectivity index is 1.99. The van der Waals surface area contributed by atoms with Crippen LogP contribution in [0.3, 0.4) is 0 Å². The number of hydrogen-bond donors (Lipinski definition) is 0. The average Bonchev–Trinajstić information content (AvgIpc) is 2.97. The third kappa shape index (κ3) is 2.97. The molecule has 0 aromatic carbocycles. The fraction of sp³-hybridized carbons (Fsp3) is 0.733. The number of carbonyl (C=O) groups excluding carboxylic acids is 1. The largest absolute Gasteiger partial charge is 0.461 e. The summed E-state index contributed by atoms with van der Waals surface area (Å²) in [5.41, 5.74) is 0.720. The van der Waals surface area contributed by atoms with Crippen LogP contribution in [0, 0.1) is 5.41 Å². The first-order chi connectivity index (χ1) is 9.64. The van der Waals surface area contributed by atoms with Crippen LogP contribution in [0.5, 0.6) is 0 Å². The van der Waals surface area contributed by atoms with Gasteiger partial charge in [0.2, 0.25) is 0 Å². The number of rotatable bonds is 5. The standard InChI is InChI=1S/C15H24N2O3/c1-4-15(5-2)7-9-17(10-8-15)14-16-12(11-20-14)13(18)19-6-3/h11H,4-10H2,1-3H3. The van der Waals surface area contributed by atoms with Gasteiger partial charge in [-0.3, -0.25) is 0 Å². The van der Waals surface area contributed by atoms with Crippen LogP contribution in [-0.4, -0.2) is 30.6 Å². The Morgan fingerprint density at radius 1 is 1.35 bits per heavy atom. The molecule has 5 nitrogen and oxygen atoms in total. The fourth-order valence-corrected chi connectivity index (χ4v) is 2.84. The zero-order valence-electron chi connectivity index (χ0n) is 12.6. The van der Waals surface area contributed by atoms with E-state index in [-0.39, 0.29) is 5.69 Å². The topological polar surface area (TPSA) is 55.6 Å². The summed E-state index contributed by atoms with van der Waals surface area (Å²) in [6.45, 7) is 8.53. The number of piperidine rings is 1. The third-order valence-electron chi connectivity index (χ3n) is 4.57. The quantitative estimate of drug-likeness (QED) is 0.775. The van der Waals surface area contributed by atoms with Gasteiger partial charge in [0.05, 0.1) is 6.61 Å². The Morgan fingerprint density at radius 2 is 2.00 bits per heavy atom. The fourth-order valence-electron chi connectivity index (χ4n) is 2.84. The summed E-state index contributed by atoms with van der Waals surface area (Å²) in [4.78, 5) is 17.9. The highest BCUT2D eigenvalue weighted by atomic mass is 16.5. The summed E-state index contributed by atoms with van der Waals surface area (Å²) in [5, 5.41) is 0. The summed E-state index contributed by atoms with van der Waals surface area (Å²) in [6.07, 6.45) is 6.12. The van der Waals surface area contributed by atoms with Crippen LogP contribution in [0.15, 0.2) is 10.7 Å². The molecule has 0 bridgehead atoms. The molecule has 20 heavy (non-hydrogen) atoms. The van der Waals surface area contributed by atoms with E-state index >= 15 is 0 Å². The van der Waals surface area contributed by atoms with Crippen molar-refractivity contribution in [1.29, 1.82) is 0 Å². The van der Waals surface area contributed by atoms with E-state index in [9.17, 15) is 4.79 Å².